The van der Waals surface area contributed by atoms with Crippen molar-refractivity contribution in [2.75, 3.05) is 64.7 Å². The van der Waals surface area contributed by atoms with E-state index >= 15 is 0 Å². The minimum Gasteiger partial charge on any atom is -0.357 e. The summed E-state index contributed by atoms with van der Waals surface area (Å²) in [6.07, 6.45) is 2.27. The molecule has 1 atom stereocenters. The van der Waals surface area contributed by atoms with Gasteiger partial charge in [0, 0.05) is 56.5 Å². The lowest BCUT2D eigenvalue weighted by molar-refractivity contribution is -0.131. The largest absolute Gasteiger partial charge is 0.357 e. The Labute approximate surface area is 199 Å². The predicted molar refractivity (Wildman–Crippen MR) is 133 cm³/mol. The third kappa shape index (κ3) is 7.49. The lowest BCUT2D eigenvalue weighted by atomic mass is 10.3. The maximum absolute atomic E-state index is 12.4. The van der Waals surface area contributed by atoms with Crippen molar-refractivity contribution in [3.63, 3.8) is 0 Å². The molecule has 7 nitrogen and oxygen atoms in total. The van der Waals surface area contributed by atoms with Crippen LogP contribution in [-0.4, -0.2) is 95.4 Å². The lowest BCUT2D eigenvalue weighted by Gasteiger charge is -2.36. The summed E-state index contributed by atoms with van der Waals surface area (Å²) in [5.74, 6) is 1.66. The Morgan fingerprint density at radius 1 is 1.03 bits per heavy atom. The molecule has 1 N–H and O–H groups in total. The van der Waals surface area contributed by atoms with E-state index < -0.39 is 10.8 Å². The van der Waals surface area contributed by atoms with E-state index in [2.05, 4.69) is 22.0 Å². The van der Waals surface area contributed by atoms with Crippen LogP contribution in [0.2, 0.25) is 0 Å². The molecule has 1 aromatic carbocycles. The summed E-state index contributed by atoms with van der Waals surface area (Å²) < 4.78 is 12.4. The molecule has 3 rings (SSSR count). The first-order chi connectivity index (χ1) is 14.2. The highest BCUT2D eigenvalue weighted by Crippen LogP contribution is 2.10. The smallest absolute Gasteiger partial charge is 0.236 e. The van der Waals surface area contributed by atoms with Gasteiger partial charge in [0.15, 0.2) is 5.96 Å². The van der Waals surface area contributed by atoms with Gasteiger partial charge in [-0.2, -0.15) is 0 Å². The first-order valence-electron chi connectivity index (χ1n) is 10.6. The van der Waals surface area contributed by atoms with Gasteiger partial charge in [-0.3, -0.25) is 18.9 Å². The van der Waals surface area contributed by atoms with Crippen LogP contribution < -0.4 is 5.32 Å². The van der Waals surface area contributed by atoms with Crippen molar-refractivity contribution in [2.24, 2.45) is 4.99 Å². The van der Waals surface area contributed by atoms with Crippen molar-refractivity contribution in [1.29, 1.82) is 0 Å². The number of amides is 1. The molecule has 0 radical (unpaired) electrons. The van der Waals surface area contributed by atoms with E-state index in [9.17, 15) is 9.00 Å². The molecule has 30 heavy (non-hydrogen) atoms. The Morgan fingerprint density at radius 2 is 1.70 bits per heavy atom. The second-order valence-electron chi connectivity index (χ2n) is 7.45. The molecule has 0 spiro atoms. The van der Waals surface area contributed by atoms with E-state index in [4.69, 9.17) is 4.99 Å². The fraction of sp³-hybridized carbons (Fsp3) is 0.619. The molecule has 2 fully saturated rings. The third-order valence-corrected chi connectivity index (χ3v) is 6.72. The highest BCUT2D eigenvalue weighted by atomic mass is 127. The fourth-order valence-electron chi connectivity index (χ4n) is 3.73. The number of benzene rings is 1. The van der Waals surface area contributed by atoms with Crippen molar-refractivity contribution in [1.82, 2.24) is 20.0 Å². The van der Waals surface area contributed by atoms with Crippen molar-refractivity contribution < 1.29 is 9.00 Å². The quantitative estimate of drug-likeness (QED) is 0.320. The van der Waals surface area contributed by atoms with Crippen LogP contribution in [0.5, 0.6) is 0 Å². The van der Waals surface area contributed by atoms with E-state index in [0.29, 0.717) is 18.8 Å². The minimum absolute atomic E-state index is 0. The fourth-order valence-corrected chi connectivity index (χ4v) is 4.68. The number of halogens is 1. The maximum atomic E-state index is 12.4. The monoisotopic (exact) mass is 547 g/mol. The molecule has 0 bridgehead atoms. The zero-order valence-corrected chi connectivity index (χ0v) is 20.9. The summed E-state index contributed by atoms with van der Waals surface area (Å²) in [7, 11) is -1.03. The average molecular weight is 548 g/mol. The van der Waals surface area contributed by atoms with Gasteiger partial charge in [-0.05, 0) is 31.9 Å². The van der Waals surface area contributed by atoms with Crippen LogP contribution in [0.3, 0.4) is 0 Å². The molecule has 1 aromatic rings. The Morgan fingerprint density at radius 3 is 2.33 bits per heavy atom. The van der Waals surface area contributed by atoms with E-state index in [0.717, 1.165) is 69.5 Å². The van der Waals surface area contributed by atoms with Crippen LogP contribution in [0.4, 0.5) is 0 Å². The van der Waals surface area contributed by atoms with E-state index in [1.807, 2.05) is 35.2 Å². The summed E-state index contributed by atoms with van der Waals surface area (Å²) in [6, 6.07) is 9.55. The second kappa shape index (κ2) is 13.3. The lowest BCUT2D eigenvalue weighted by Crippen LogP contribution is -2.54. The first kappa shape index (κ1) is 25.1. The second-order valence-corrected chi connectivity index (χ2v) is 9.02. The maximum Gasteiger partial charge on any atom is 0.236 e. The highest BCUT2D eigenvalue weighted by molar-refractivity contribution is 14.0. The van der Waals surface area contributed by atoms with Crippen molar-refractivity contribution in [3.8, 4) is 0 Å². The average Bonchev–Trinajstić information content (AvgIpc) is 3.29. The van der Waals surface area contributed by atoms with Gasteiger partial charge < -0.3 is 15.1 Å². The number of hydrogen-bond donors (Lipinski definition) is 1. The van der Waals surface area contributed by atoms with E-state index in [1.165, 1.54) is 0 Å². The number of nitrogens with one attached hydrogen (secondary N) is 1. The molecule has 0 aromatic heterocycles. The van der Waals surface area contributed by atoms with Crippen molar-refractivity contribution >= 4 is 46.6 Å². The minimum atomic E-state index is -1.03. The summed E-state index contributed by atoms with van der Waals surface area (Å²) in [6.45, 7) is 9.16. The van der Waals surface area contributed by atoms with Gasteiger partial charge in [0.2, 0.25) is 5.91 Å². The van der Waals surface area contributed by atoms with Gasteiger partial charge in [-0.1, -0.05) is 18.2 Å². The number of carbonyl (C=O) groups is 1. The molecule has 1 amide bonds. The van der Waals surface area contributed by atoms with Crippen molar-refractivity contribution in [2.45, 2.75) is 24.7 Å². The molecule has 168 valence electrons. The summed E-state index contributed by atoms with van der Waals surface area (Å²) >= 11 is 0. The molecule has 1 unspecified atom stereocenters. The number of nitrogens with zero attached hydrogens (tertiary/aromatic N) is 4. The Bertz CT molecular complexity index is 705. The van der Waals surface area contributed by atoms with Crippen LogP contribution in [-0.2, 0) is 15.6 Å². The van der Waals surface area contributed by atoms with Crippen LogP contribution in [0.25, 0.3) is 0 Å². The standard InChI is InChI=1S/C21H33N5O2S.HI/c1-2-22-21(23-10-17-29(28)19-8-4-3-5-9-19)26-15-13-24(14-16-26)18-20(27)25-11-6-7-12-25;/h3-5,8-9H,2,6-7,10-18H2,1H3,(H,22,23);1H. The molecule has 0 saturated carbocycles. The Kier molecular flexibility index (Phi) is 11.1. The third-order valence-electron chi connectivity index (χ3n) is 5.37. The van der Waals surface area contributed by atoms with Gasteiger partial charge in [-0.15, -0.1) is 24.0 Å². The molecule has 2 aliphatic rings. The molecular weight excluding hydrogens is 513 g/mol. The molecule has 2 saturated heterocycles. The number of hydrogen-bond acceptors (Lipinski definition) is 4. The number of guanidine groups is 1. The number of carbonyl (C=O) groups excluding carboxylic acids is 1. The molecule has 2 heterocycles. The zero-order chi connectivity index (χ0) is 20.5. The normalized spacial score (nSPS) is 18.8. The Balaban J connectivity index is 0.00000320. The van der Waals surface area contributed by atoms with Gasteiger partial charge >= 0.3 is 0 Å². The Hall–Kier alpha value is -1.20. The van der Waals surface area contributed by atoms with Gasteiger partial charge in [0.05, 0.1) is 23.9 Å². The SMILES string of the molecule is CCNC(=NCCS(=O)c1ccccc1)N1CCN(CC(=O)N2CCCC2)CC1.I. The summed E-state index contributed by atoms with van der Waals surface area (Å²) in [5, 5.41) is 3.35. The predicted octanol–water partition coefficient (Wildman–Crippen LogP) is 1.62. The molecule has 9 heteroatoms. The van der Waals surface area contributed by atoms with Crippen LogP contribution in [0.15, 0.2) is 40.2 Å². The van der Waals surface area contributed by atoms with Crippen LogP contribution in [0.1, 0.15) is 19.8 Å². The first-order valence-corrected chi connectivity index (χ1v) is 12.0. The van der Waals surface area contributed by atoms with E-state index in [1.54, 1.807) is 0 Å². The van der Waals surface area contributed by atoms with Crippen LogP contribution in [0, 0.1) is 0 Å². The molecular formula is C21H34IN5O2S. The van der Waals surface area contributed by atoms with Gasteiger partial charge in [-0.25, -0.2) is 0 Å². The zero-order valence-electron chi connectivity index (χ0n) is 17.8. The van der Waals surface area contributed by atoms with E-state index in [-0.39, 0.29) is 29.9 Å². The number of piperazine rings is 1. The molecule has 0 aliphatic carbocycles. The van der Waals surface area contributed by atoms with Gasteiger partial charge in [0.1, 0.15) is 0 Å². The number of rotatable bonds is 7. The number of aliphatic imine (C=N–C) groups is 1. The topological polar surface area (TPSA) is 68.2 Å². The van der Waals surface area contributed by atoms with Crippen molar-refractivity contribution in [3.05, 3.63) is 30.3 Å². The van der Waals surface area contributed by atoms with Gasteiger partial charge in [0.25, 0.3) is 0 Å². The summed E-state index contributed by atoms with van der Waals surface area (Å²) in [4.78, 5) is 24.4. The molecule has 2 aliphatic heterocycles. The van der Waals surface area contributed by atoms with Crippen LogP contribution >= 0.6 is 24.0 Å². The number of likely N-dealkylation sites (tertiary alicyclic amines) is 1. The highest BCUT2D eigenvalue weighted by Gasteiger charge is 2.24. The summed E-state index contributed by atoms with van der Waals surface area (Å²) in [5.41, 5.74) is 0.